The van der Waals surface area contributed by atoms with Crippen LogP contribution in [0.3, 0.4) is 0 Å². The Bertz CT molecular complexity index is 1280. The molecule has 0 saturated carbocycles. The molecule has 5 rings (SSSR count). The maximum absolute atomic E-state index is 13.8. The van der Waals surface area contributed by atoms with Crippen molar-refractivity contribution in [3.05, 3.63) is 101 Å². The number of hydrogen-bond acceptors (Lipinski definition) is 4. The van der Waals surface area contributed by atoms with E-state index in [1.807, 2.05) is 41.3 Å². The van der Waals surface area contributed by atoms with Gasteiger partial charge < -0.3 is 9.64 Å². The molecule has 34 heavy (non-hydrogen) atoms. The lowest BCUT2D eigenvalue weighted by atomic mass is 9.98. The van der Waals surface area contributed by atoms with E-state index in [1.54, 1.807) is 25.3 Å². The summed E-state index contributed by atoms with van der Waals surface area (Å²) in [5.74, 6) is -0.426. The van der Waals surface area contributed by atoms with E-state index < -0.39 is 0 Å². The lowest BCUT2D eigenvalue weighted by Gasteiger charge is -2.32. The summed E-state index contributed by atoms with van der Waals surface area (Å²) in [6, 6.07) is 21.4. The highest BCUT2D eigenvalue weighted by Crippen LogP contribution is 2.40. The number of imide groups is 1. The fraction of sp³-hybridized carbons (Fsp3) is 0.214. The van der Waals surface area contributed by atoms with Gasteiger partial charge in [-0.2, -0.15) is 0 Å². The molecule has 5 nitrogen and oxygen atoms in total. The number of halogens is 1. The number of fused-ring (bicyclic) bond motifs is 1. The van der Waals surface area contributed by atoms with Gasteiger partial charge in [-0.15, -0.1) is 0 Å². The van der Waals surface area contributed by atoms with Gasteiger partial charge in [-0.1, -0.05) is 48.5 Å². The van der Waals surface area contributed by atoms with Gasteiger partial charge in [-0.3, -0.25) is 14.5 Å². The van der Waals surface area contributed by atoms with Gasteiger partial charge >= 0.3 is 0 Å². The van der Waals surface area contributed by atoms with E-state index in [1.165, 1.54) is 17.0 Å². The zero-order valence-corrected chi connectivity index (χ0v) is 19.0. The molecule has 3 aromatic rings. The summed E-state index contributed by atoms with van der Waals surface area (Å²) >= 11 is 0. The summed E-state index contributed by atoms with van der Waals surface area (Å²) in [5.41, 5.74) is 4.32. The lowest BCUT2D eigenvalue weighted by Crippen LogP contribution is -2.38. The van der Waals surface area contributed by atoms with Gasteiger partial charge in [0.25, 0.3) is 11.8 Å². The molecule has 2 heterocycles. The third-order valence-corrected chi connectivity index (χ3v) is 6.44. The number of carbonyl (C=O) groups excluding carboxylic acids is 2. The number of aryl methyl sites for hydroxylation is 1. The summed E-state index contributed by atoms with van der Waals surface area (Å²) in [7, 11) is 1.56. The van der Waals surface area contributed by atoms with Crippen LogP contribution in [0.25, 0.3) is 5.57 Å². The van der Waals surface area contributed by atoms with Crippen molar-refractivity contribution < 1.29 is 18.7 Å². The molecule has 0 bridgehead atoms. The van der Waals surface area contributed by atoms with E-state index in [0.29, 0.717) is 35.5 Å². The molecule has 0 N–H and O–H groups in total. The van der Waals surface area contributed by atoms with Gasteiger partial charge in [-0.05, 0) is 54.7 Å². The molecule has 6 heteroatoms. The Morgan fingerprint density at radius 1 is 0.912 bits per heavy atom. The number of amides is 2. The van der Waals surface area contributed by atoms with Crippen LogP contribution in [-0.2, 0) is 22.4 Å². The maximum atomic E-state index is 13.8. The molecular weight excluding hydrogens is 431 g/mol. The van der Waals surface area contributed by atoms with Crippen molar-refractivity contribution in [3.63, 3.8) is 0 Å². The van der Waals surface area contributed by atoms with Crippen LogP contribution in [0, 0.1) is 5.82 Å². The zero-order valence-electron chi connectivity index (χ0n) is 19.0. The summed E-state index contributed by atoms with van der Waals surface area (Å²) < 4.78 is 18.9. The van der Waals surface area contributed by atoms with Crippen molar-refractivity contribution in [1.29, 1.82) is 0 Å². The van der Waals surface area contributed by atoms with E-state index in [-0.39, 0.29) is 24.2 Å². The first-order valence-electron chi connectivity index (χ1n) is 11.4. The van der Waals surface area contributed by atoms with Crippen LogP contribution < -0.4 is 9.64 Å². The predicted octanol–water partition coefficient (Wildman–Crippen LogP) is 4.61. The van der Waals surface area contributed by atoms with Crippen LogP contribution in [0.5, 0.6) is 5.75 Å². The van der Waals surface area contributed by atoms with E-state index in [9.17, 15) is 14.0 Å². The number of benzene rings is 3. The Balaban J connectivity index is 1.57. The van der Waals surface area contributed by atoms with Crippen molar-refractivity contribution >= 4 is 23.1 Å². The molecule has 0 spiro atoms. The number of rotatable bonds is 6. The highest BCUT2D eigenvalue weighted by Gasteiger charge is 2.43. The van der Waals surface area contributed by atoms with Gasteiger partial charge in [0, 0.05) is 24.3 Å². The first-order valence-corrected chi connectivity index (χ1v) is 11.4. The minimum absolute atomic E-state index is 0.209. The van der Waals surface area contributed by atoms with Crippen LogP contribution in [-0.4, -0.2) is 36.9 Å². The second-order valence-corrected chi connectivity index (χ2v) is 8.45. The van der Waals surface area contributed by atoms with Crippen molar-refractivity contribution in [3.8, 4) is 5.75 Å². The zero-order chi connectivity index (χ0) is 23.7. The fourth-order valence-corrected chi connectivity index (χ4v) is 4.77. The molecule has 3 aromatic carbocycles. The summed E-state index contributed by atoms with van der Waals surface area (Å²) in [4.78, 5) is 30.8. The topological polar surface area (TPSA) is 49.9 Å². The smallest absolute Gasteiger partial charge is 0.278 e. The first kappa shape index (κ1) is 21.9. The Labute approximate surface area is 198 Å². The van der Waals surface area contributed by atoms with Gasteiger partial charge in [0.2, 0.25) is 0 Å². The van der Waals surface area contributed by atoms with E-state index in [2.05, 4.69) is 6.07 Å². The van der Waals surface area contributed by atoms with Crippen LogP contribution in [0.4, 0.5) is 10.1 Å². The van der Waals surface area contributed by atoms with Crippen molar-refractivity contribution in [1.82, 2.24) is 4.90 Å². The third-order valence-electron chi connectivity index (χ3n) is 6.44. The number of ether oxygens (including phenoxy) is 1. The minimum atomic E-state index is -0.338. The van der Waals surface area contributed by atoms with Gasteiger partial charge in [-0.25, -0.2) is 4.39 Å². The standard InChI is InChI=1S/C28H25FN2O3/c1-34-24-11-5-3-9-22(24)25-26(30-17-6-8-20-7-2-4-10-23(20)30)28(33)31(27(25)32)18-16-19-12-14-21(29)15-13-19/h2-5,7,9-15H,6,8,16-18H2,1H3. The monoisotopic (exact) mass is 456 g/mol. The van der Waals surface area contributed by atoms with Gasteiger partial charge in [0.15, 0.2) is 0 Å². The molecule has 0 unspecified atom stereocenters. The summed E-state index contributed by atoms with van der Waals surface area (Å²) in [6.07, 6.45) is 2.26. The Hall–Kier alpha value is -3.93. The second-order valence-electron chi connectivity index (χ2n) is 8.45. The Morgan fingerprint density at radius 2 is 1.65 bits per heavy atom. The van der Waals surface area contributed by atoms with Crippen LogP contribution in [0.1, 0.15) is 23.1 Å². The number of methoxy groups -OCH3 is 1. The first-order chi connectivity index (χ1) is 16.6. The van der Waals surface area contributed by atoms with Crippen molar-refractivity contribution in [2.45, 2.75) is 19.3 Å². The number of carbonyl (C=O) groups is 2. The predicted molar refractivity (Wildman–Crippen MR) is 129 cm³/mol. The van der Waals surface area contributed by atoms with Gasteiger partial charge in [0.05, 0.1) is 12.7 Å². The Kier molecular flexibility index (Phi) is 5.88. The lowest BCUT2D eigenvalue weighted by molar-refractivity contribution is -0.136. The third kappa shape index (κ3) is 3.85. The van der Waals surface area contributed by atoms with Crippen LogP contribution in [0.2, 0.25) is 0 Å². The molecule has 0 aromatic heterocycles. The minimum Gasteiger partial charge on any atom is -0.496 e. The summed E-state index contributed by atoms with van der Waals surface area (Å²) in [5, 5.41) is 0. The largest absolute Gasteiger partial charge is 0.496 e. The van der Waals surface area contributed by atoms with Crippen molar-refractivity contribution in [2.75, 3.05) is 25.1 Å². The number of para-hydroxylation sites is 2. The molecule has 0 atom stereocenters. The normalized spacial score (nSPS) is 15.7. The molecule has 0 fully saturated rings. The van der Waals surface area contributed by atoms with E-state index in [0.717, 1.165) is 29.7 Å². The average Bonchev–Trinajstić information content (AvgIpc) is 3.12. The summed E-state index contributed by atoms with van der Waals surface area (Å²) in [6.45, 7) is 0.858. The molecule has 0 aliphatic carbocycles. The highest BCUT2D eigenvalue weighted by molar-refractivity contribution is 6.37. The molecule has 2 aliphatic heterocycles. The number of anilines is 1. The maximum Gasteiger partial charge on any atom is 0.278 e. The van der Waals surface area contributed by atoms with Gasteiger partial charge in [0.1, 0.15) is 17.3 Å². The molecule has 2 aliphatic rings. The molecule has 2 amide bonds. The highest BCUT2D eigenvalue weighted by atomic mass is 19.1. The molecule has 0 radical (unpaired) electrons. The fourth-order valence-electron chi connectivity index (χ4n) is 4.77. The van der Waals surface area contributed by atoms with E-state index >= 15 is 0 Å². The van der Waals surface area contributed by atoms with E-state index in [4.69, 9.17) is 4.74 Å². The molecular formula is C28H25FN2O3. The number of nitrogens with zero attached hydrogens (tertiary/aromatic N) is 2. The quantitative estimate of drug-likeness (QED) is 0.509. The van der Waals surface area contributed by atoms with Crippen LogP contribution in [0.15, 0.2) is 78.5 Å². The number of hydrogen-bond donors (Lipinski definition) is 0. The second kappa shape index (κ2) is 9.14. The Morgan fingerprint density at radius 3 is 2.44 bits per heavy atom. The average molecular weight is 457 g/mol. The van der Waals surface area contributed by atoms with Crippen molar-refractivity contribution in [2.24, 2.45) is 0 Å². The van der Waals surface area contributed by atoms with Crippen LogP contribution >= 0.6 is 0 Å². The SMILES string of the molecule is COc1ccccc1C1=C(N2CCCc3ccccc32)C(=O)N(CCc2ccc(F)cc2)C1=O. The molecule has 0 saturated heterocycles. The molecule has 172 valence electrons.